The van der Waals surface area contributed by atoms with Crippen LogP contribution in [0.3, 0.4) is 0 Å². The number of aliphatic hydroxyl groups excluding tert-OH is 3. The second kappa shape index (κ2) is 7.39. The fourth-order valence-corrected chi connectivity index (χ4v) is 0.483. The van der Waals surface area contributed by atoms with Crippen molar-refractivity contribution in [3.8, 4) is 23.7 Å². The molecular formula is C10H12O3. The monoisotopic (exact) mass is 180 g/mol. The number of aliphatic hydroxyl groups is 3. The first-order chi connectivity index (χ1) is 6.20. The molecule has 0 unspecified atom stereocenters. The maximum Gasteiger partial charge on any atom is 0.134 e. The summed E-state index contributed by atoms with van der Waals surface area (Å²) in [5.41, 5.74) is 0. The van der Waals surface area contributed by atoms with Gasteiger partial charge in [-0.15, -0.1) is 0 Å². The minimum Gasteiger partial charge on any atom is -0.396 e. The van der Waals surface area contributed by atoms with Crippen molar-refractivity contribution < 1.29 is 15.3 Å². The Bertz CT molecular complexity index is 261. The van der Waals surface area contributed by atoms with Crippen molar-refractivity contribution in [3.05, 3.63) is 12.7 Å². The van der Waals surface area contributed by atoms with Gasteiger partial charge in [-0.3, -0.25) is 0 Å². The van der Waals surface area contributed by atoms with Gasteiger partial charge in [-0.05, 0) is 11.8 Å². The Morgan fingerprint density at radius 3 is 2.38 bits per heavy atom. The van der Waals surface area contributed by atoms with E-state index in [1.165, 1.54) is 6.08 Å². The predicted octanol–water partition coefficient (Wildman–Crippen LogP) is -0.717. The molecule has 0 aliphatic carbocycles. The van der Waals surface area contributed by atoms with Crippen molar-refractivity contribution in [2.45, 2.75) is 18.6 Å². The van der Waals surface area contributed by atoms with Crippen molar-refractivity contribution in [2.75, 3.05) is 6.61 Å². The topological polar surface area (TPSA) is 60.7 Å². The van der Waals surface area contributed by atoms with Gasteiger partial charge in [0.1, 0.15) is 12.2 Å². The Kier molecular flexibility index (Phi) is 6.68. The molecule has 0 aliphatic rings. The quantitative estimate of drug-likeness (QED) is 0.397. The SMILES string of the molecule is C=C[C@H](O)C#CC#C[C@@H](O)CCO. The molecule has 0 radical (unpaired) electrons. The first kappa shape index (κ1) is 11.7. The van der Waals surface area contributed by atoms with E-state index >= 15 is 0 Å². The molecule has 0 saturated heterocycles. The van der Waals surface area contributed by atoms with Crippen LogP contribution >= 0.6 is 0 Å². The molecule has 0 aromatic heterocycles. The van der Waals surface area contributed by atoms with E-state index < -0.39 is 12.2 Å². The number of rotatable bonds is 3. The summed E-state index contributed by atoms with van der Waals surface area (Å²) >= 11 is 0. The summed E-state index contributed by atoms with van der Waals surface area (Å²) in [5.74, 6) is 9.47. The van der Waals surface area contributed by atoms with E-state index in [4.69, 9.17) is 15.3 Å². The fraction of sp³-hybridized carbons (Fsp3) is 0.400. The van der Waals surface area contributed by atoms with E-state index in [9.17, 15) is 0 Å². The second-order valence-corrected chi connectivity index (χ2v) is 2.25. The van der Waals surface area contributed by atoms with Crippen LogP contribution in [0.25, 0.3) is 0 Å². The molecule has 3 N–H and O–H groups in total. The van der Waals surface area contributed by atoms with E-state index in [1.54, 1.807) is 0 Å². The van der Waals surface area contributed by atoms with Gasteiger partial charge in [-0.2, -0.15) is 0 Å². The van der Waals surface area contributed by atoms with E-state index in [1.807, 2.05) is 0 Å². The zero-order valence-electron chi connectivity index (χ0n) is 7.20. The summed E-state index contributed by atoms with van der Waals surface area (Å²) in [6.07, 6.45) is -0.262. The summed E-state index contributed by atoms with van der Waals surface area (Å²) < 4.78 is 0. The molecule has 0 rings (SSSR count). The zero-order valence-corrected chi connectivity index (χ0v) is 7.20. The minimum absolute atomic E-state index is 0.113. The normalized spacial score (nSPS) is 12.8. The molecule has 3 nitrogen and oxygen atoms in total. The molecule has 0 aromatic carbocycles. The summed E-state index contributed by atoms with van der Waals surface area (Å²) in [6, 6.07) is 0. The maximum absolute atomic E-state index is 8.99. The van der Waals surface area contributed by atoms with E-state index in [2.05, 4.69) is 30.3 Å². The second-order valence-electron chi connectivity index (χ2n) is 2.25. The van der Waals surface area contributed by atoms with Crippen LogP contribution in [-0.2, 0) is 0 Å². The number of hydrogen-bond acceptors (Lipinski definition) is 3. The van der Waals surface area contributed by atoms with Crippen molar-refractivity contribution >= 4 is 0 Å². The van der Waals surface area contributed by atoms with Crippen LogP contribution in [0.15, 0.2) is 12.7 Å². The molecule has 13 heavy (non-hydrogen) atoms. The molecule has 0 spiro atoms. The summed E-state index contributed by atoms with van der Waals surface area (Å²) in [5, 5.41) is 26.3. The molecule has 0 saturated carbocycles. The van der Waals surface area contributed by atoms with Crippen LogP contribution in [0.4, 0.5) is 0 Å². The van der Waals surface area contributed by atoms with Crippen LogP contribution in [0.1, 0.15) is 6.42 Å². The Balaban J connectivity index is 3.94. The van der Waals surface area contributed by atoms with Crippen molar-refractivity contribution in [2.24, 2.45) is 0 Å². The van der Waals surface area contributed by atoms with Gasteiger partial charge in [0.05, 0.1) is 0 Å². The fourth-order valence-electron chi connectivity index (χ4n) is 0.483. The Hall–Kier alpha value is -1.26. The van der Waals surface area contributed by atoms with Crippen LogP contribution in [-0.4, -0.2) is 34.1 Å². The highest BCUT2D eigenvalue weighted by Gasteiger charge is 1.94. The van der Waals surface area contributed by atoms with Gasteiger partial charge < -0.3 is 15.3 Å². The van der Waals surface area contributed by atoms with Gasteiger partial charge in [-0.1, -0.05) is 24.5 Å². The summed E-state index contributed by atoms with van der Waals surface area (Å²) in [4.78, 5) is 0. The highest BCUT2D eigenvalue weighted by atomic mass is 16.3. The molecule has 0 amide bonds. The Morgan fingerprint density at radius 2 is 1.85 bits per heavy atom. The first-order valence-electron chi connectivity index (χ1n) is 3.81. The first-order valence-corrected chi connectivity index (χ1v) is 3.81. The summed E-state index contributed by atoms with van der Waals surface area (Å²) in [6.45, 7) is 3.21. The Morgan fingerprint density at radius 1 is 1.23 bits per heavy atom. The van der Waals surface area contributed by atoms with Crippen LogP contribution in [0, 0.1) is 23.7 Å². The van der Waals surface area contributed by atoms with Crippen molar-refractivity contribution in [1.29, 1.82) is 0 Å². The van der Waals surface area contributed by atoms with Crippen molar-refractivity contribution in [3.63, 3.8) is 0 Å². The van der Waals surface area contributed by atoms with Crippen molar-refractivity contribution in [1.82, 2.24) is 0 Å². The van der Waals surface area contributed by atoms with Gasteiger partial charge in [0, 0.05) is 13.0 Å². The smallest absolute Gasteiger partial charge is 0.134 e. The van der Waals surface area contributed by atoms with Gasteiger partial charge in [-0.25, -0.2) is 0 Å². The molecule has 0 heterocycles. The molecule has 3 heteroatoms. The molecular weight excluding hydrogens is 168 g/mol. The molecule has 0 fully saturated rings. The molecule has 0 aromatic rings. The van der Waals surface area contributed by atoms with E-state index in [0.29, 0.717) is 0 Å². The van der Waals surface area contributed by atoms with Crippen LogP contribution in [0.2, 0.25) is 0 Å². The molecule has 0 bridgehead atoms. The third-order valence-corrected chi connectivity index (χ3v) is 1.15. The van der Waals surface area contributed by atoms with E-state index in [-0.39, 0.29) is 13.0 Å². The standard InChI is InChI=1S/C10H12O3/c1-2-9(12)5-3-4-6-10(13)7-8-11/h2,9-13H,1,7-8H2/t9-,10+/m0/s1. The number of hydrogen-bond donors (Lipinski definition) is 3. The molecule has 70 valence electrons. The van der Waals surface area contributed by atoms with Crippen LogP contribution < -0.4 is 0 Å². The lowest BCUT2D eigenvalue weighted by Crippen LogP contribution is -2.04. The average molecular weight is 180 g/mol. The zero-order chi connectivity index (χ0) is 10.1. The van der Waals surface area contributed by atoms with E-state index in [0.717, 1.165) is 0 Å². The summed E-state index contributed by atoms with van der Waals surface area (Å²) in [7, 11) is 0. The highest BCUT2D eigenvalue weighted by Crippen LogP contribution is 1.85. The van der Waals surface area contributed by atoms with Crippen LogP contribution in [0.5, 0.6) is 0 Å². The minimum atomic E-state index is -0.885. The Labute approximate surface area is 77.7 Å². The lowest BCUT2D eigenvalue weighted by molar-refractivity contribution is 0.177. The molecule has 2 atom stereocenters. The van der Waals surface area contributed by atoms with Gasteiger partial charge in [0.25, 0.3) is 0 Å². The third kappa shape index (κ3) is 7.11. The lowest BCUT2D eigenvalue weighted by Gasteiger charge is -1.95. The van der Waals surface area contributed by atoms with Gasteiger partial charge in [0.2, 0.25) is 0 Å². The third-order valence-electron chi connectivity index (χ3n) is 1.15. The van der Waals surface area contributed by atoms with Gasteiger partial charge >= 0.3 is 0 Å². The lowest BCUT2D eigenvalue weighted by atomic mass is 10.2. The molecule has 0 aliphatic heterocycles. The predicted molar refractivity (Wildman–Crippen MR) is 49.5 cm³/mol. The largest absolute Gasteiger partial charge is 0.396 e. The average Bonchev–Trinajstić information content (AvgIpc) is 2.12. The van der Waals surface area contributed by atoms with Gasteiger partial charge in [0.15, 0.2) is 0 Å². The maximum atomic E-state index is 8.99. The highest BCUT2D eigenvalue weighted by molar-refractivity contribution is 5.29.